The molecule has 1 aliphatic rings. The van der Waals surface area contributed by atoms with E-state index < -0.39 is 5.97 Å². The van der Waals surface area contributed by atoms with E-state index in [-0.39, 0.29) is 12.5 Å². The van der Waals surface area contributed by atoms with Crippen molar-refractivity contribution >= 4 is 23.3 Å². The van der Waals surface area contributed by atoms with Gasteiger partial charge in [-0.2, -0.15) is 0 Å². The summed E-state index contributed by atoms with van der Waals surface area (Å²) in [7, 11) is 0. The molecule has 0 saturated heterocycles. The second kappa shape index (κ2) is 5.66. The summed E-state index contributed by atoms with van der Waals surface area (Å²) in [5, 5.41) is 0.413. The lowest BCUT2D eigenvalue weighted by molar-refractivity contribution is 0.0470. The first kappa shape index (κ1) is 13.8. The molecule has 5 heteroatoms. The smallest absolute Gasteiger partial charge is 0.338 e. The number of carbonyl (C=O) groups is 1. The molecule has 1 unspecified atom stereocenters. The SMILES string of the molecule is Nc1cc(Cl)cc(C(=O)OCC2COc3ccccc32)c1. The highest BCUT2D eigenvalue weighted by molar-refractivity contribution is 6.31. The van der Waals surface area contributed by atoms with E-state index in [1.165, 1.54) is 0 Å². The summed E-state index contributed by atoms with van der Waals surface area (Å²) in [5.41, 5.74) is 7.52. The molecule has 0 aromatic heterocycles. The quantitative estimate of drug-likeness (QED) is 0.698. The Morgan fingerprint density at radius 1 is 1.33 bits per heavy atom. The van der Waals surface area contributed by atoms with Gasteiger partial charge in [-0.25, -0.2) is 4.79 Å². The van der Waals surface area contributed by atoms with Crippen molar-refractivity contribution in [1.29, 1.82) is 0 Å². The van der Waals surface area contributed by atoms with Crippen LogP contribution in [0.25, 0.3) is 0 Å². The van der Waals surface area contributed by atoms with Gasteiger partial charge in [0, 0.05) is 16.3 Å². The standard InChI is InChI=1S/C16H14ClNO3/c17-12-5-10(6-13(18)7-12)16(19)21-9-11-8-20-15-4-2-1-3-14(11)15/h1-7,11H,8-9,18H2. The van der Waals surface area contributed by atoms with Crippen LogP contribution in [0.5, 0.6) is 5.75 Å². The monoisotopic (exact) mass is 303 g/mol. The van der Waals surface area contributed by atoms with Crippen LogP contribution in [0.4, 0.5) is 5.69 Å². The molecule has 3 rings (SSSR count). The summed E-state index contributed by atoms with van der Waals surface area (Å²) in [5.74, 6) is 0.473. The van der Waals surface area contributed by atoms with E-state index >= 15 is 0 Å². The minimum absolute atomic E-state index is 0.0571. The van der Waals surface area contributed by atoms with Gasteiger partial charge in [0.2, 0.25) is 0 Å². The summed E-state index contributed by atoms with van der Waals surface area (Å²) in [6.07, 6.45) is 0. The van der Waals surface area contributed by atoms with Gasteiger partial charge in [-0.05, 0) is 24.3 Å². The zero-order valence-corrected chi connectivity index (χ0v) is 12.0. The summed E-state index contributed by atoms with van der Waals surface area (Å²) in [6, 6.07) is 12.4. The molecule has 0 radical (unpaired) electrons. The van der Waals surface area contributed by atoms with Gasteiger partial charge in [0.05, 0.1) is 18.1 Å². The number of para-hydroxylation sites is 1. The Kier molecular flexibility index (Phi) is 3.71. The fourth-order valence-corrected chi connectivity index (χ4v) is 2.60. The van der Waals surface area contributed by atoms with Crippen molar-refractivity contribution < 1.29 is 14.3 Å². The van der Waals surface area contributed by atoms with Crippen molar-refractivity contribution in [1.82, 2.24) is 0 Å². The van der Waals surface area contributed by atoms with Crippen LogP contribution >= 0.6 is 11.6 Å². The third kappa shape index (κ3) is 2.95. The number of nitrogens with two attached hydrogens (primary N) is 1. The fraction of sp³-hybridized carbons (Fsp3) is 0.188. The normalized spacial score (nSPS) is 16.1. The van der Waals surface area contributed by atoms with E-state index in [1.807, 2.05) is 24.3 Å². The Balaban J connectivity index is 1.67. The van der Waals surface area contributed by atoms with Crippen LogP contribution in [-0.2, 0) is 4.74 Å². The molecule has 1 aliphatic heterocycles. The Labute approximate surface area is 127 Å². The molecule has 2 aromatic carbocycles. The number of halogens is 1. The van der Waals surface area contributed by atoms with Gasteiger partial charge in [-0.15, -0.1) is 0 Å². The van der Waals surface area contributed by atoms with Gasteiger partial charge in [0.15, 0.2) is 0 Å². The van der Waals surface area contributed by atoms with Crippen molar-refractivity contribution in [2.45, 2.75) is 5.92 Å². The predicted octanol–water partition coefficient (Wildman–Crippen LogP) is 3.26. The molecule has 1 atom stereocenters. The van der Waals surface area contributed by atoms with Crippen molar-refractivity contribution in [3.05, 3.63) is 58.6 Å². The van der Waals surface area contributed by atoms with Gasteiger partial charge in [0.1, 0.15) is 12.4 Å². The van der Waals surface area contributed by atoms with Gasteiger partial charge in [-0.1, -0.05) is 29.8 Å². The number of ether oxygens (including phenoxy) is 2. The molecule has 0 fully saturated rings. The fourth-order valence-electron chi connectivity index (χ4n) is 2.36. The molecule has 2 N–H and O–H groups in total. The molecule has 0 saturated carbocycles. The minimum Gasteiger partial charge on any atom is -0.493 e. The van der Waals surface area contributed by atoms with Crippen molar-refractivity contribution in [3.8, 4) is 5.75 Å². The molecule has 0 amide bonds. The lowest BCUT2D eigenvalue weighted by Crippen LogP contribution is -2.14. The van der Waals surface area contributed by atoms with Gasteiger partial charge >= 0.3 is 5.97 Å². The van der Waals surface area contributed by atoms with E-state index in [4.69, 9.17) is 26.8 Å². The van der Waals surface area contributed by atoms with E-state index in [2.05, 4.69) is 0 Å². The van der Waals surface area contributed by atoms with Crippen LogP contribution in [0.15, 0.2) is 42.5 Å². The molecular weight excluding hydrogens is 290 g/mol. The van der Waals surface area contributed by atoms with Gasteiger partial charge in [-0.3, -0.25) is 0 Å². The summed E-state index contributed by atoms with van der Waals surface area (Å²) < 4.78 is 10.9. The number of anilines is 1. The zero-order valence-electron chi connectivity index (χ0n) is 11.2. The third-order valence-corrected chi connectivity index (χ3v) is 3.59. The van der Waals surface area contributed by atoms with Gasteiger partial charge in [0.25, 0.3) is 0 Å². The first-order valence-corrected chi connectivity index (χ1v) is 6.96. The Morgan fingerprint density at radius 3 is 2.95 bits per heavy atom. The third-order valence-electron chi connectivity index (χ3n) is 3.37. The number of hydrogen-bond acceptors (Lipinski definition) is 4. The molecule has 0 bridgehead atoms. The predicted molar refractivity (Wildman–Crippen MR) is 80.8 cm³/mol. The Hall–Kier alpha value is -2.20. The lowest BCUT2D eigenvalue weighted by Gasteiger charge is -2.10. The average Bonchev–Trinajstić information content (AvgIpc) is 2.87. The number of fused-ring (bicyclic) bond motifs is 1. The summed E-state index contributed by atoms with van der Waals surface area (Å²) in [4.78, 5) is 12.0. The van der Waals surface area contributed by atoms with Gasteiger partial charge < -0.3 is 15.2 Å². The first-order chi connectivity index (χ1) is 10.1. The maximum Gasteiger partial charge on any atom is 0.338 e. The van der Waals surface area contributed by atoms with Crippen LogP contribution < -0.4 is 10.5 Å². The molecule has 2 aromatic rings. The molecule has 108 valence electrons. The molecule has 1 heterocycles. The van der Waals surface area contributed by atoms with E-state index in [1.54, 1.807) is 18.2 Å². The number of benzene rings is 2. The second-order valence-corrected chi connectivity index (χ2v) is 5.35. The lowest BCUT2D eigenvalue weighted by atomic mass is 10.0. The largest absolute Gasteiger partial charge is 0.493 e. The van der Waals surface area contributed by atoms with Crippen molar-refractivity contribution in [3.63, 3.8) is 0 Å². The summed E-state index contributed by atoms with van der Waals surface area (Å²) in [6.45, 7) is 0.784. The molecule has 21 heavy (non-hydrogen) atoms. The topological polar surface area (TPSA) is 61.6 Å². The van der Waals surface area contributed by atoms with E-state index in [9.17, 15) is 4.79 Å². The molecule has 0 spiro atoms. The van der Waals surface area contributed by atoms with E-state index in [0.717, 1.165) is 11.3 Å². The summed E-state index contributed by atoms with van der Waals surface area (Å²) >= 11 is 5.88. The Bertz CT molecular complexity index is 667. The Morgan fingerprint density at radius 2 is 2.14 bits per heavy atom. The molecular formula is C16H14ClNO3. The van der Waals surface area contributed by atoms with E-state index in [0.29, 0.717) is 22.9 Å². The molecule has 4 nitrogen and oxygen atoms in total. The zero-order chi connectivity index (χ0) is 14.8. The maximum absolute atomic E-state index is 12.0. The van der Waals surface area contributed by atoms with Crippen molar-refractivity contribution in [2.75, 3.05) is 18.9 Å². The highest BCUT2D eigenvalue weighted by Crippen LogP contribution is 2.33. The second-order valence-electron chi connectivity index (χ2n) is 4.92. The minimum atomic E-state index is -0.436. The number of esters is 1. The average molecular weight is 304 g/mol. The highest BCUT2D eigenvalue weighted by Gasteiger charge is 2.25. The maximum atomic E-state index is 12.0. The number of rotatable bonds is 3. The molecule has 0 aliphatic carbocycles. The van der Waals surface area contributed by atoms with Crippen LogP contribution in [0.2, 0.25) is 5.02 Å². The van der Waals surface area contributed by atoms with Crippen LogP contribution in [0.1, 0.15) is 21.8 Å². The number of nitrogen functional groups attached to an aromatic ring is 1. The van der Waals surface area contributed by atoms with Crippen molar-refractivity contribution in [2.24, 2.45) is 0 Å². The van der Waals surface area contributed by atoms with Crippen LogP contribution in [-0.4, -0.2) is 19.2 Å². The highest BCUT2D eigenvalue weighted by atomic mass is 35.5. The van der Waals surface area contributed by atoms with Crippen LogP contribution in [0.3, 0.4) is 0 Å². The number of carbonyl (C=O) groups excluding carboxylic acids is 1. The first-order valence-electron chi connectivity index (χ1n) is 6.58. The van der Waals surface area contributed by atoms with Crippen LogP contribution in [0, 0.1) is 0 Å². The number of hydrogen-bond donors (Lipinski definition) is 1.